The van der Waals surface area contributed by atoms with Crippen LogP contribution in [0.25, 0.3) is 0 Å². The van der Waals surface area contributed by atoms with Crippen LogP contribution in [0.1, 0.15) is 11.1 Å². The zero-order chi connectivity index (χ0) is 19.1. The Hall–Kier alpha value is -3.17. The molecule has 9 heteroatoms. The summed E-state index contributed by atoms with van der Waals surface area (Å²) < 4.78 is 13.1. The summed E-state index contributed by atoms with van der Waals surface area (Å²) in [5.41, 5.74) is 2.99. The number of aromatic nitrogens is 3. The lowest BCUT2D eigenvalue weighted by Gasteiger charge is -2.35. The fourth-order valence-electron chi connectivity index (χ4n) is 3.29. The molecule has 28 heavy (non-hydrogen) atoms. The van der Waals surface area contributed by atoms with Crippen molar-refractivity contribution >= 4 is 29.1 Å². The molecule has 8 nitrogen and oxygen atoms in total. The lowest BCUT2D eigenvalue weighted by atomic mass is 9.97. The molecule has 0 saturated heterocycles. The monoisotopic (exact) mass is 393 g/mol. The Morgan fingerprint density at radius 1 is 1.25 bits per heavy atom. The Labute approximate surface area is 164 Å². The van der Waals surface area contributed by atoms with E-state index in [9.17, 15) is 4.79 Å². The van der Waals surface area contributed by atoms with Crippen molar-refractivity contribution in [1.29, 1.82) is 0 Å². The third-order valence-corrected chi connectivity index (χ3v) is 5.92. The molecule has 2 aliphatic heterocycles. The molecule has 140 valence electrons. The molecule has 2 aliphatic rings. The standard InChI is InChI=1S/C19H15N5O3S/c1-26-19(13-5-3-2-4-6-13)17(23-24-11-20-22-18(24)28-19)12-7-8-15-14(9-12)21-16(25)10-27-15/h2-9,11H,10H2,1H3,(H,21,25). The van der Waals surface area contributed by atoms with Gasteiger partial charge in [-0.1, -0.05) is 30.3 Å². The number of nitrogens with one attached hydrogen (secondary N) is 1. The largest absolute Gasteiger partial charge is 0.482 e. The maximum absolute atomic E-state index is 11.7. The fourth-order valence-corrected chi connectivity index (χ4v) is 4.41. The second kappa shape index (κ2) is 6.47. The minimum atomic E-state index is -0.919. The summed E-state index contributed by atoms with van der Waals surface area (Å²) >= 11 is 1.42. The Morgan fingerprint density at radius 2 is 2.11 bits per heavy atom. The van der Waals surface area contributed by atoms with Gasteiger partial charge < -0.3 is 14.8 Å². The van der Waals surface area contributed by atoms with Crippen LogP contribution in [0.15, 0.2) is 65.1 Å². The van der Waals surface area contributed by atoms with E-state index in [1.54, 1.807) is 18.1 Å². The zero-order valence-corrected chi connectivity index (χ0v) is 15.6. The number of amides is 1. The lowest BCUT2D eigenvalue weighted by molar-refractivity contribution is -0.118. The van der Waals surface area contributed by atoms with Crippen molar-refractivity contribution in [3.8, 4) is 5.75 Å². The number of ether oxygens (including phenoxy) is 2. The summed E-state index contributed by atoms with van der Waals surface area (Å²) in [5.74, 6) is 0.437. The number of hydrogen-bond donors (Lipinski definition) is 1. The third-order valence-electron chi connectivity index (χ3n) is 4.58. The maximum Gasteiger partial charge on any atom is 0.262 e. The molecule has 3 heterocycles. The van der Waals surface area contributed by atoms with Gasteiger partial charge in [0.15, 0.2) is 11.5 Å². The first-order chi connectivity index (χ1) is 13.7. The minimum Gasteiger partial charge on any atom is -0.482 e. The van der Waals surface area contributed by atoms with Gasteiger partial charge in [-0.25, -0.2) is 0 Å². The van der Waals surface area contributed by atoms with Crippen molar-refractivity contribution in [2.24, 2.45) is 5.10 Å². The van der Waals surface area contributed by atoms with Crippen LogP contribution in [0.2, 0.25) is 0 Å². The summed E-state index contributed by atoms with van der Waals surface area (Å²) in [4.78, 5) is 10.8. The molecule has 1 amide bonds. The highest BCUT2D eigenvalue weighted by Gasteiger charge is 2.45. The van der Waals surface area contributed by atoms with Crippen LogP contribution < -0.4 is 10.1 Å². The van der Waals surface area contributed by atoms with Gasteiger partial charge >= 0.3 is 0 Å². The molecule has 1 N–H and O–H groups in total. The van der Waals surface area contributed by atoms with Crippen LogP contribution in [-0.4, -0.2) is 40.2 Å². The zero-order valence-electron chi connectivity index (χ0n) is 14.8. The topological polar surface area (TPSA) is 90.6 Å². The van der Waals surface area contributed by atoms with Crippen molar-refractivity contribution in [2.45, 2.75) is 10.1 Å². The van der Waals surface area contributed by atoms with E-state index >= 15 is 0 Å². The van der Waals surface area contributed by atoms with Gasteiger partial charge in [0.25, 0.3) is 5.91 Å². The molecule has 0 radical (unpaired) electrons. The van der Waals surface area contributed by atoms with Gasteiger partial charge in [-0.05, 0) is 30.0 Å². The number of nitrogens with zero attached hydrogens (tertiary/aromatic N) is 4. The second-order valence-corrected chi connectivity index (χ2v) is 7.39. The Morgan fingerprint density at radius 3 is 2.93 bits per heavy atom. The highest BCUT2D eigenvalue weighted by Crippen LogP contribution is 2.47. The smallest absolute Gasteiger partial charge is 0.262 e. The first-order valence-corrected chi connectivity index (χ1v) is 9.37. The molecule has 5 rings (SSSR count). The predicted molar refractivity (Wildman–Crippen MR) is 104 cm³/mol. The van der Waals surface area contributed by atoms with Crippen molar-refractivity contribution in [3.05, 3.63) is 66.0 Å². The Bertz CT molecular complexity index is 1100. The molecule has 2 aromatic carbocycles. The van der Waals surface area contributed by atoms with Crippen LogP contribution in [-0.2, 0) is 14.5 Å². The molecular formula is C19H15N5O3S. The van der Waals surface area contributed by atoms with E-state index < -0.39 is 4.93 Å². The van der Waals surface area contributed by atoms with Crippen LogP contribution in [0.3, 0.4) is 0 Å². The van der Waals surface area contributed by atoms with Crippen molar-refractivity contribution in [3.63, 3.8) is 0 Å². The second-order valence-electron chi connectivity index (χ2n) is 6.24. The number of thioether (sulfide) groups is 1. The molecule has 1 aromatic heterocycles. The first-order valence-electron chi connectivity index (χ1n) is 8.56. The van der Waals surface area contributed by atoms with Gasteiger partial charge in [-0.3, -0.25) is 4.79 Å². The molecule has 1 atom stereocenters. The van der Waals surface area contributed by atoms with Crippen LogP contribution in [0, 0.1) is 0 Å². The number of carbonyl (C=O) groups is 1. The van der Waals surface area contributed by atoms with E-state index in [-0.39, 0.29) is 12.5 Å². The van der Waals surface area contributed by atoms with Crippen molar-refractivity contribution < 1.29 is 14.3 Å². The van der Waals surface area contributed by atoms with Crippen molar-refractivity contribution in [2.75, 3.05) is 19.0 Å². The summed E-state index contributed by atoms with van der Waals surface area (Å²) in [5, 5.41) is 16.3. The summed E-state index contributed by atoms with van der Waals surface area (Å²) in [6.07, 6.45) is 1.55. The molecule has 0 fully saturated rings. The number of methoxy groups -OCH3 is 1. The summed E-state index contributed by atoms with van der Waals surface area (Å²) in [7, 11) is 1.64. The molecule has 0 saturated carbocycles. The number of rotatable bonds is 3. The van der Waals surface area contributed by atoms with E-state index in [0.29, 0.717) is 22.3 Å². The maximum atomic E-state index is 11.7. The molecule has 0 spiro atoms. The summed E-state index contributed by atoms with van der Waals surface area (Å²) in [6.45, 7) is 0.0131. The molecule has 0 aliphatic carbocycles. The lowest BCUT2D eigenvalue weighted by Crippen LogP contribution is -2.38. The van der Waals surface area contributed by atoms with E-state index in [0.717, 1.165) is 11.1 Å². The van der Waals surface area contributed by atoms with E-state index in [1.807, 2.05) is 48.5 Å². The summed E-state index contributed by atoms with van der Waals surface area (Å²) in [6, 6.07) is 15.4. The number of benzene rings is 2. The number of hydrogen-bond acceptors (Lipinski definition) is 7. The van der Waals surface area contributed by atoms with Crippen LogP contribution >= 0.6 is 11.8 Å². The Balaban J connectivity index is 1.70. The number of anilines is 1. The highest BCUT2D eigenvalue weighted by molar-refractivity contribution is 8.00. The average Bonchev–Trinajstić information content (AvgIpc) is 3.20. The molecule has 3 aromatic rings. The van der Waals surface area contributed by atoms with Crippen molar-refractivity contribution in [1.82, 2.24) is 14.9 Å². The van der Waals surface area contributed by atoms with Gasteiger partial charge in [0.05, 0.1) is 5.69 Å². The van der Waals surface area contributed by atoms with Gasteiger partial charge in [0.1, 0.15) is 17.8 Å². The van der Waals surface area contributed by atoms with Gasteiger partial charge in [-0.15, -0.1) is 10.2 Å². The molecule has 0 bridgehead atoms. The average molecular weight is 393 g/mol. The Kier molecular flexibility index (Phi) is 3.92. The minimum absolute atomic E-state index is 0.0131. The highest BCUT2D eigenvalue weighted by atomic mass is 32.2. The van der Waals surface area contributed by atoms with Crippen LogP contribution in [0.4, 0.5) is 5.69 Å². The quantitative estimate of drug-likeness (QED) is 0.735. The SMILES string of the molecule is COC1(c2ccccc2)Sc2nncn2N=C1c1ccc2c(c1)NC(=O)CO2. The molecular weight excluding hydrogens is 378 g/mol. The normalized spacial score (nSPS) is 20.5. The van der Waals surface area contributed by atoms with E-state index in [4.69, 9.17) is 14.6 Å². The first kappa shape index (κ1) is 17.0. The molecule has 1 unspecified atom stereocenters. The van der Waals surface area contributed by atoms with E-state index in [1.165, 1.54) is 11.8 Å². The van der Waals surface area contributed by atoms with E-state index in [2.05, 4.69) is 15.5 Å². The fraction of sp³-hybridized carbons (Fsp3) is 0.158. The van der Waals surface area contributed by atoms with Crippen LogP contribution in [0.5, 0.6) is 5.75 Å². The third kappa shape index (κ3) is 2.59. The predicted octanol–water partition coefficient (Wildman–Crippen LogP) is 2.47. The van der Waals surface area contributed by atoms with Gasteiger partial charge in [0, 0.05) is 18.2 Å². The number of fused-ring (bicyclic) bond motifs is 2. The van der Waals surface area contributed by atoms with Gasteiger partial charge in [0.2, 0.25) is 5.16 Å². The number of carbonyl (C=O) groups excluding carboxylic acids is 1. The van der Waals surface area contributed by atoms with Gasteiger partial charge in [-0.2, -0.15) is 9.78 Å².